The molecule has 3 heterocycles. The molecule has 1 fully saturated rings. The van der Waals surface area contributed by atoms with Gasteiger partial charge in [-0.3, -0.25) is 9.59 Å². The average molecular weight is 345 g/mol. The SMILES string of the molecule is CCc1c(C(=O)N2CCC[C@@H](c3nccs3)C2)[nH]c(C)c1C(C)=O. The lowest BCUT2D eigenvalue weighted by atomic mass is 9.97. The molecule has 1 N–H and O–H groups in total. The molecule has 3 rings (SSSR count). The molecule has 1 atom stereocenters. The van der Waals surface area contributed by atoms with Crippen LogP contribution in [0.2, 0.25) is 0 Å². The number of hydrogen-bond acceptors (Lipinski definition) is 4. The Morgan fingerprint density at radius 1 is 1.46 bits per heavy atom. The van der Waals surface area contributed by atoms with E-state index < -0.39 is 0 Å². The second-order valence-electron chi connectivity index (χ2n) is 6.35. The normalized spacial score (nSPS) is 18.0. The van der Waals surface area contributed by atoms with Gasteiger partial charge in [0, 0.05) is 41.8 Å². The third-order valence-corrected chi connectivity index (χ3v) is 5.66. The highest BCUT2D eigenvalue weighted by molar-refractivity contribution is 7.09. The Kier molecular flexibility index (Phi) is 4.85. The highest BCUT2D eigenvalue weighted by Gasteiger charge is 2.30. The number of aromatic nitrogens is 2. The highest BCUT2D eigenvalue weighted by Crippen LogP contribution is 2.30. The number of rotatable bonds is 4. The van der Waals surface area contributed by atoms with Crippen molar-refractivity contribution in [3.8, 4) is 0 Å². The van der Waals surface area contributed by atoms with Crippen molar-refractivity contribution in [3.05, 3.63) is 39.1 Å². The molecule has 1 saturated heterocycles. The van der Waals surface area contributed by atoms with Gasteiger partial charge in [0.1, 0.15) is 5.69 Å². The van der Waals surface area contributed by atoms with Crippen LogP contribution < -0.4 is 0 Å². The zero-order valence-corrected chi connectivity index (χ0v) is 15.2. The third-order valence-electron chi connectivity index (χ3n) is 4.72. The Hall–Kier alpha value is -1.95. The molecule has 0 radical (unpaired) electrons. The van der Waals surface area contributed by atoms with Gasteiger partial charge in [0.05, 0.1) is 5.01 Å². The smallest absolute Gasteiger partial charge is 0.270 e. The molecule has 2 aromatic heterocycles. The molecule has 0 unspecified atom stereocenters. The van der Waals surface area contributed by atoms with Crippen molar-refractivity contribution in [3.63, 3.8) is 0 Å². The van der Waals surface area contributed by atoms with Crippen molar-refractivity contribution < 1.29 is 9.59 Å². The van der Waals surface area contributed by atoms with Crippen LogP contribution in [0.1, 0.15) is 69.7 Å². The van der Waals surface area contributed by atoms with E-state index in [1.807, 2.05) is 30.3 Å². The van der Waals surface area contributed by atoms with Crippen LogP contribution in [0.3, 0.4) is 0 Å². The van der Waals surface area contributed by atoms with Crippen molar-refractivity contribution in [2.45, 2.75) is 46.0 Å². The first-order valence-corrected chi connectivity index (χ1v) is 9.31. The second kappa shape index (κ2) is 6.89. The summed E-state index contributed by atoms with van der Waals surface area (Å²) >= 11 is 1.66. The van der Waals surface area contributed by atoms with E-state index in [-0.39, 0.29) is 11.7 Å². The molecule has 128 valence electrons. The van der Waals surface area contributed by atoms with E-state index in [2.05, 4.69) is 9.97 Å². The van der Waals surface area contributed by atoms with Crippen molar-refractivity contribution in [1.29, 1.82) is 0 Å². The summed E-state index contributed by atoms with van der Waals surface area (Å²) in [5.41, 5.74) is 2.90. The van der Waals surface area contributed by atoms with Gasteiger partial charge in [-0.15, -0.1) is 11.3 Å². The molecule has 0 saturated carbocycles. The van der Waals surface area contributed by atoms with Gasteiger partial charge in [-0.05, 0) is 38.7 Å². The minimum absolute atomic E-state index is 0.00343. The predicted molar refractivity (Wildman–Crippen MR) is 94.9 cm³/mol. The number of aromatic amines is 1. The Morgan fingerprint density at radius 2 is 2.25 bits per heavy atom. The lowest BCUT2D eigenvalue weighted by Gasteiger charge is -2.31. The number of piperidine rings is 1. The summed E-state index contributed by atoms with van der Waals surface area (Å²) in [6, 6.07) is 0. The number of ketones is 1. The van der Waals surface area contributed by atoms with Gasteiger partial charge in [0.15, 0.2) is 5.78 Å². The summed E-state index contributed by atoms with van der Waals surface area (Å²) < 4.78 is 0. The number of likely N-dealkylation sites (tertiary alicyclic amines) is 1. The number of hydrogen-bond donors (Lipinski definition) is 1. The fourth-order valence-corrected chi connectivity index (χ4v) is 4.41. The zero-order valence-electron chi connectivity index (χ0n) is 14.4. The summed E-state index contributed by atoms with van der Waals surface area (Å²) in [6.07, 6.45) is 4.55. The number of thiazole rings is 1. The van der Waals surface area contributed by atoms with Gasteiger partial charge in [0.25, 0.3) is 5.91 Å². The van der Waals surface area contributed by atoms with Gasteiger partial charge in [-0.1, -0.05) is 6.92 Å². The van der Waals surface area contributed by atoms with Crippen LogP contribution in [0.5, 0.6) is 0 Å². The largest absolute Gasteiger partial charge is 0.354 e. The third kappa shape index (κ3) is 3.02. The van der Waals surface area contributed by atoms with E-state index in [1.165, 1.54) is 0 Å². The molecule has 0 aliphatic carbocycles. The number of Topliss-reactive ketones (excluding diaryl/α,β-unsaturated/α-hetero) is 1. The quantitative estimate of drug-likeness (QED) is 0.862. The summed E-state index contributed by atoms with van der Waals surface area (Å²) in [5, 5.41) is 3.09. The maximum atomic E-state index is 13.0. The van der Waals surface area contributed by atoms with Crippen molar-refractivity contribution in [2.75, 3.05) is 13.1 Å². The number of amides is 1. The van der Waals surface area contributed by atoms with Gasteiger partial charge in [-0.25, -0.2) is 4.98 Å². The van der Waals surface area contributed by atoms with Crippen LogP contribution in [-0.2, 0) is 6.42 Å². The first-order chi connectivity index (χ1) is 11.5. The van der Waals surface area contributed by atoms with E-state index in [1.54, 1.807) is 18.3 Å². The van der Waals surface area contributed by atoms with Gasteiger partial charge in [0.2, 0.25) is 0 Å². The number of carbonyl (C=O) groups is 2. The van der Waals surface area contributed by atoms with E-state index in [0.717, 1.165) is 35.7 Å². The van der Waals surface area contributed by atoms with Gasteiger partial charge in [-0.2, -0.15) is 0 Å². The second-order valence-corrected chi connectivity index (χ2v) is 7.28. The number of carbonyl (C=O) groups excluding carboxylic acids is 2. The van der Waals surface area contributed by atoms with Crippen LogP contribution >= 0.6 is 11.3 Å². The fourth-order valence-electron chi connectivity index (χ4n) is 3.65. The fraction of sp³-hybridized carbons (Fsp3) is 0.500. The predicted octanol–water partition coefficient (Wildman–Crippen LogP) is 3.56. The van der Waals surface area contributed by atoms with Crippen LogP contribution in [0.25, 0.3) is 0 Å². The summed E-state index contributed by atoms with van der Waals surface area (Å²) in [7, 11) is 0. The van der Waals surface area contributed by atoms with E-state index in [4.69, 9.17) is 0 Å². The molecular formula is C18H23N3O2S. The summed E-state index contributed by atoms with van der Waals surface area (Å²) in [5.74, 6) is 0.332. The molecule has 0 spiro atoms. The van der Waals surface area contributed by atoms with Gasteiger partial charge < -0.3 is 9.88 Å². The van der Waals surface area contributed by atoms with E-state index in [9.17, 15) is 9.59 Å². The highest BCUT2D eigenvalue weighted by atomic mass is 32.1. The standard InChI is InChI=1S/C18H23N3O2S/c1-4-14-15(12(3)22)11(2)20-16(14)18(23)21-8-5-6-13(10-21)17-19-7-9-24-17/h7,9,13,20H,4-6,8,10H2,1-3H3/t13-/m1/s1. The first kappa shape index (κ1) is 16.9. The number of nitrogens with one attached hydrogen (secondary N) is 1. The van der Waals surface area contributed by atoms with Crippen LogP contribution in [0, 0.1) is 6.92 Å². The average Bonchev–Trinajstić information content (AvgIpc) is 3.21. The Morgan fingerprint density at radius 3 is 2.88 bits per heavy atom. The minimum Gasteiger partial charge on any atom is -0.354 e. The molecule has 0 bridgehead atoms. The van der Waals surface area contributed by atoms with Crippen molar-refractivity contribution in [2.24, 2.45) is 0 Å². The molecule has 1 amide bonds. The Balaban J connectivity index is 1.86. The monoisotopic (exact) mass is 345 g/mol. The molecule has 2 aromatic rings. The van der Waals surface area contributed by atoms with Crippen LogP contribution in [0.4, 0.5) is 0 Å². The molecular weight excluding hydrogens is 322 g/mol. The molecule has 1 aliphatic rings. The maximum absolute atomic E-state index is 13.0. The van der Waals surface area contributed by atoms with Crippen LogP contribution in [-0.4, -0.2) is 39.6 Å². The van der Waals surface area contributed by atoms with Gasteiger partial charge >= 0.3 is 0 Å². The lowest BCUT2D eigenvalue weighted by Crippen LogP contribution is -2.39. The summed E-state index contributed by atoms with van der Waals surface area (Å²) in [4.78, 5) is 34.4. The molecule has 5 nitrogen and oxygen atoms in total. The minimum atomic E-state index is 0.00343. The molecule has 0 aromatic carbocycles. The molecule has 24 heavy (non-hydrogen) atoms. The zero-order chi connectivity index (χ0) is 17.3. The topological polar surface area (TPSA) is 66.1 Å². The number of aryl methyl sites for hydroxylation is 1. The Labute approximate surface area is 146 Å². The van der Waals surface area contributed by atoms with Crippen molar-refractivity contribution in [1.82, 2.24) is 14.9 Å². The molecule has 1 aliphatic heterocycles. The number of H-pyrrole nitrogens is 1. The van der Waals surface area contributed by atoms with E-state index >= 15 is 0 Å². The maximum Gasteiger partial charge on any atom is 0.270 e. The van der Waals surface area contributed by atoms with Crippen molar-refractivity contribution >= 4 is 23.0 Å². The Bertz CT molecular complexity index is 749. The summed E-state index contributed by atoms with van der Waals surface area (Å²) in [6.45, 7) is 6.87. The first-order valence-electron chi connectivity index (χ1n) is 8.44. The number of nitrogens with zero attached hydrogens (tertiary/aromatic N) is 2. The van der Waals surface area contributed by atoms with E-state index in [0.29, 0.717) is 30.1 Å². The lowest BCUT2D eigenvalue weighted by molar-refractivity contribution is 0.0700. The molecule has 6 heteroatoms. The van der Waals surface area contributed by atoms with Crippen LogP contribution in [0.15, 0.2) is 11.6 Å².